The lowest BCUT2D eigenvalue weighted by Gasteiger charge is -2.30. The number of anilines is 1. The predicted molar refractivity (Wildman–Crippen MR) is 109 cm³/mol. The Balaban J connectivity index is 2.98. The molecule has 148 valence electrons. The van der Waals surface area contributed by atoms with Gasteiger partial charge in [-0.25, -0.2) is 8.42 Å². The minimum absolute atomic E-state index is 0.271. The topological polar surface area (TPSA) is 66.5 Å². The molecule has 1 N–H and O–H groups in total. The molecule has 26 heavy (non-hydrogen) atoms. The van der Waals surface area contributed by atoms with Gasteiger partial charge in [0.05, 0.1) is 11.9 Å². The summed E-state index contributed by atoms with van der Waals surface area (Å²) in [5.41, 5.74) is 0.403. The molecule has 0 aromatic heterocycles. The Morgan fingerprint density at radius 2 is 1.92 bits per heavy atom. The number of halogens is 1. The van der Waals surface area contributed by atoms with Crippen molar-refractivity contribution in [2.75, 3.05) is 17.1 Å². The molecule has 1 aromatic rings. The SMILES string of the molecule is CCCC[C@@H](CC)CNC(=O)[C@@H](CC)N(c1cccc(Cl)c1)S(C)(=O)=O. The largest absolute Gasteiger partial charge is 0.354 e. The summed E-state index contributed by atoms with van der Waals surface area (Å²) in [7, 11) is -3.64. The van der Waals surface area contributed by atoms with Crippen LogP contribution in [0.2, 0.25) is 5.02 Å². The van der Waals surface area contributed by atoms with Crippen LogP contribution in [0.1, 0.15) is 52.9 Å². The number of hydrogen-bond donors (Lipinski definition) is 1. The number of rotatable bonds is 11. The van der Waals surface area contributed by atoms with E-state index in [-0.39, 0.29) is 5.91 Å². The maximum absolute atomic E-state index is 12.8. The fourth-order valence-corrected chi connectivity index (χ4v) is 4.37. The third kappa shape index (κ3) is 6.80. The maximum Gasteiger partial charge on any atom is 0.243 e. The molecule has 0 aliphatic heterocycles. The summed E-state index contributed by atoms with van der Waals surface area (Å²) in [6.07, 6.45) is 5.79. The van der Waals surface area contributed by atoms with Gasteiger partial charge in [-0.2, -0.15) is 0 Å². The first-order valence-corrected chi connectivity index (χ1v) is 11.5. The van der Waals surface area contributed by atoms with Crippen molar-refractivity contribution in [2.45, 2.75) is 58.9 Å². The maximum atomic E-state index is 12.8. The van der Waals surface area contributed by atoms with Crippen LogP contribution in [0.5, 0.6) is 0 Å². The summed E-state index contributed by atoms with van der Waals surface area (Å²) in [5.74, 6) is 0.141. The van der Waals surface area contributed by atoms with E-state index in [0.29, 0.717) is 29.6 Å². The Labute approximate surface area is 163 Å². The second kappa shape index (κ2) is 10.8. The molecule has 0 saturated carbocycles. The number of nitrogens with zero attached hydrogens (tertiary/aromatic N) is 1. The van der Waals surface area contributed by atoms with Crippen molar-refractivity contribution in [3.8, 4) is 0 Å². The summed E-state index contributed by atoms with van der Waals surface area (Å²) >= 11 is 6.01. The number of nitrogens with one attached hydrogen (secondary N) is 1. The number of amides is 1. The van der Waals surface area contributed by atoms with Crippen LogP contribution in [0, 0.1) is 5.92 Å². The smallest absolute Gasteiger partial charge is 0.243 e. The molecule has 0 saturated heterocycles. The molecule has 0 fully saturated rings. The van der Waals surface area contributed by atoms with E-state index in [9.17, 15) is 13.2 Å². The highest BCUT2D eigenvalue weighted by Gasteiger charge is 2.31. The molecule has 0 radical (unpaired) electrons. The summed E-state index contributed by atoms with van der Waals surface area (Å²) in [6.45, 7) is 6.63. The highest BCUT2D eigenvalue weighted by atomic mass is 35.5. The molecule has 1 rings (SSSR count). The first kappa shape index (κ1) is 22.8. The lowest BCUT2D eigenvalue weighted by Crippen LogP contribution is -2.50. The number of carbonyl (C=O) groups is 1. The average Bonchev–Trinajstić information content (AvgIpc) is 2.58. The summed E-state index contributed by atoms with van der Waals surface area (Å²) in [5, 5.41) is 3.38. The van der Waals surface area contributed by atoms with Gasteiger partial charge in [-0.05, 0) is 37.0 Å². The number of hydrogen-bond acceptors (Lipinski definition) is 3. The Bertz CT molecular complexity index is 679. The van der Waals surface area contributed by atoms with Crippen molar-refractivity contribution < 1.29 is 13.2 Å². The first-order chi connectivity index (χ1) is 12.2. The molecule has 2 atom stereocenters. The zero-order chi connectivity index (χ0) is 19.7. The van der Waals surface area contributed by atoms with Crippen molar-refractivity contribution in [3.05, 3.63) is 29.3 Å². The third-order valence-corrected chi connectivity index (χ3v) is 5.92. The van der Waals surface area contributed by atoms with E-state index >= 15 is 0 Å². The van der Waals surface area contributed by atoms with E-state index in [4.69, 9.17) is 11.6 Å². The van der Waals surface area contributed by atoms with E-state index in [1.54, 1.807) is 31.2 Å². The Morgan fingerprint density at radius 3 is 2.42 bits per heavy atom. The van der Waals surface area contributed by atoms with Gasteiger partial charge in [0.2, 0.25) is 15.9 Å². The minimum Gasteiger partial charge on any atom is -0.354 e. The zero-order valence-electron chi connectivity index (χ0n) is 16.2. The van der Waals surface area contributed by atoms with Gasteiger partial charge < -0.3 is 5.32 Å². The molecule has 0 heterocycles. The fraction of sp³-hybridized carbons (Fsp3) is 0.632. The van der Waals surface area contributed by atoms with Crippen LogP contribution < -0.4 is 9.62 Å². The van der Waals surface area contributed by atoms with E-state index in [0.717, 1.165) is 31.9 Å². The Kier molecular flexibility index (Phi) is 9.44. The van der Waals surface area contributed by atoms with Crippen molar-refractivity contribution >= 4 is 33.2 Å². The van der Waals surface area contributed by atoms with Crippen molar-refractivity contribution in [2.24, 2.45) is 5.92 Å². The number of benzene rings is 1. The Morgan fingerprint density at radius 1 is 1.23 bits per heavy atom. The van der Waals surface area contributed by atoms with E-state index in [1.807, 2.05) is 0 Å². The van der Waals surface area contributed by atoms with E-state index in [1.165, 1.54) is 4.31 Å². The third-order valence-electron chi connectivity index (χ3n) is 4.50. The van der Waals surface area contributed by atoms with E-state index in [2.05, 4.69) is 19.2 Å². The van der Waals surface area contributed by atoms with Crippen LogP contribution >= 0.6 is 11.6 Å². The van der Waals surface area contributed by atoms with Gasteiger partial charge in [-0.15, -0.1) is 0 Å². The molecule has 1 aromatic carbocycles. The normalized spacial score (nSPS) is 13.9. The highest BCUT2D eigenvalue weighted by Crippen LogP contribution is 2.25. The predicted octanol–water partition coefficient (Wildman–Crippen LogP) is 4.22. The zero-order valence-corrected chi connectivity index (χ0v) is 17.7. The van der Waals surface area contributed by atoms with E-state index < -0.39 is 16.1 Å². The van der Waals surface area contributed by atoms with Crippen LogP contribution in [-0.4, -0.2) is 33.2 Å². The molecule has 5 nitrogen and oxygen atoms in total. The van der Waals surface area contributed by atoms with Crippen LogP contribution in [-0.2, 0) is 14.8 Å². The summed E-state index contributed by atoms with van der Waals surface area (Å²) in [6, 6.07) is 5.77. The van der Waals surface area contributed by atoms with Crippen molar-refractivity contribution in [1.29, 1.82) is 0 Å². The number of carbonyl (C=O) groups excluding carboxylic acids is 1. The molecule has 0 aliphatic carbocycles. The lowest BCUT2D eigenvalue weighted by atomic mass is 9.99. The molecule has 0 unspecified atom stereocenters. The van der Waals surface area contributed by atoms with Crippen LogP contribution in [0.4, 0.5) is 5.69 Å². The van der Waals surface area contributed by atoms with Gasteiger partial charge in [0.1, 0.15) is 6.04 Å². The second-order valence-electron chi connectivity index (χ2n) is 6.62. The van der Waals surface area contributed by atoms with Crippen molar-refractivity contribution in [1.82, 2.24) is 5.32 Å². The molecule has 7 heteroatoms. The lowest BCUT2D eigenvalue weighted by molar-refractivity contribution is -0.122. The summed E-state index contributed by atoms with van der Waals surface area (Å²) in [4.78, 5) is 12.8. The van der Waals surface area contributed by atoms with Crippen LogP contribution in [0.3, 0.4) is 0 Å². The standard InChI is InChI=1S/C19H31ClN2O3S/c1-5-8-10-15(6-2)14-21-19(23)18(7-3)22(26(4,24)25)17-12-9-11-16(20)13-17/h9,11-13,15,18H,5-8,10,14H2,1-4H3,(H,21,23)/t15-,18-/m1/s1. The summed E-state index contributed by atoms with van der Waals surface area (Å²) < 4.78 is 25.9. The van der Waals surface area contributed by atoms with Gasteiger partial charge in [-0.3, -0.25) is 9.10 Å². The van der Waals surface area contributed by atoms with Gasteiger partial charge in [0.25, 0.3) is 0 Å². The number of sulfonamides is 1. The number of unbranched alkanes of at least 4 members (excludes halogenated alkanes) is 1. The minimum atomic E-state index is -3.64. The Hall–Kier alpha value is -1.27. The van der Waals surface area contributed by atoms with Gasteiger partial charge >= 0.3 is 0 Å². The molecular formula is C19H31ClN2O3S. The van der Waals surface area contributed by atoms with Crippen molar-refractivity contribution in [3.63, 3.8) is 0 Å². The first-order valence-electron chi connectivity index (χ1n) is 9.27. The quantitative estimate of drug-likeness (QED) is 0.602. The van der Waals surface area contributed by atoms with Gasteiger partial charge in [0.15, 0.2) is 0 Å². The average molecular weight is 403 g/mol. The monoisotopic (exact) mass is 402 g/mol. The molecule has 0 spiro atoms. The molecular weight excluding hydrogens is 372 g/mol. The molecule has 0 bridgehead atoms. The fourth-order valence-electron chi connectivity index (χ4n) is 2.98. The molecule has 1 amide bonds. The van der Waals surface area contributed by atoms with Crippen LogP contribution in [0.25, 0.3) is 0 Å². The highest BCUT2D eigenvalue weighted by molar-refractivity contribution is 7.92. The van der Waals surface area contributed by atoms with Crippen LogP contribution in [0.15, 0.2) is 24.3 Å². The second-order valence-corrected chi connectivity index (χ2v) is 8.92. The van der Waals surface area contributed by atoms with Gasteiger partial charge in [-0.1, -0.05) is 57.7 Å². The van der Waals surface area contributed by atoms with Gasteiger partial charge in [0, 0.05) is 11.6 Å². The molecule has 0 aliphatic rings.